The molecule has 4 nitrogen and oxygen atoms in total. The summed E-state index contributed by atoms with van der Waals surface area (Å²) in [5, 5.41) is 21.0. The maximum absolute atomic E-state index is 10.3. The maximum atomic E-state index is 10.3. The van der Waals surface area contributed by atoms with Crippen LogP contribution < -0.4 is 4.74 Å². The van der Waals surface area contributed by atoms with E-state index >= 15 is 0 Å². The molecule has 4 atom stereocenters. The standard InChI is InChI=1S/C21H25ClO4/c1-3-25-17-7-4-14(5-8-17)11-16-12-15(6-9-18(16)22)21-20(24)19(23)10-13(2)26-21/h4-9,12-13,19-21,23-24H,3,10-11H2,1-2H3/t13-,19+,20-,21?/m1/s1. The lowest BCUT2D eigenvalue weighted by atomic mass is 9.92. The van der Waals surface area contributed by atoms with Gasteiger partial charge in [-0.25, -0.2) is 0 Å². The molecule has 1 aliphatic rings. The van der Waals surface area contributed by atoms with E-state index in [1.54, 1.807) is 0 Å². The second-order valence-corrected chi connectivity index (χ2v) is 7.17. The first-order chi connectivity index (χ1) is 12.5. The topological polar surface area (TPSA) is 58.9 Å². The smallest absolute Gasteiger partial charge is 0.119 e. The summed E-state index contributed by atoms with van der Waals surface area (Å²) in [6, 6.07) is 13.6. The predicted molar refractivity (Wildman–Crippen MR) is 102 cm³/mol. The van der Waals surface area contributed by atoms with E-state index < -0.39 is 18.3 Å². The lowest BCUT2D eigenvalue weighted by Gasteiger charge is -2.36. The zero-order chi connectivity index (χ0) is 18.7. The van der Waals surface area contributed by atoms with E-state index in [2.05, 4.69) is 0 Å². The van der Waals surface area contributed by atoms with Crippen molar-refractivity contribution in [3.63, 3.8) is 0 Å². The van der Waals surface area contributed by atoms with Crippen molar-refractivity contribution < 1.29 is 19.7 Å². The third-order valence-electron chi connectivity index (χ3n) is 4.68. The van der Waals surface area contributed by atoms with Crippen LogP contribution in [0.25, 0.3) is 0 Å². The number of benzene rings is 2. The van der Waals surface area contributed by atoms with Crippen molar-refractivity contribution in [1.29, 1.82) is 0 Å². The van der Waals surface area contributed by atoms with Crippen molar-refractivity contribution in [1.82, 2.24) is 0 Å². The molecule has 5 heteroatoms. The highest BCUT2D eigenvalue weighted by molar-refractivity contribution is 6.31. The van der Waals surface area contributed by atoms with Gasteiger partial charge in [-0.2, -0.15) is 0 Å². The van der Waals surface area contributed by atoms with Crippen LogP contribution in [0.15, 0.2) is 42.5 Å². The van der Waals surface area contributed by atoms with Gasteiger partial charge in [0.25, 0.3) is 0 Å². The number of aliphatic hydroxyl groups is 2. The Bertz CT molecular complexity index is 731. The summed E-state index contributed by atoms with van der Waals surface area (Å²) in [6.45, 7) is 4.50. The Morgan fingerprint density at radius 3 is 2.58 bits per heavy atom. The van der Waals surface area contributed by atoms with Crippen molar-refractivity contribution in [3.05, 3.63) is 64.2 Å². The monoisotopic (exact) mass is 376 g/mol. The van der Waals surface area contributed by atoms with E-state index in [-0.39, 0.29) is 6.10 Å². The molecule has 1 saturated heterocycles. The van der Waals surface area contributed by atoms with Crippen LogP contribution in [0.1, 0.15) is 43.1 Å². The first-order valence-corrected chi connectivity index (χ1v) is 9.37. The molecule has 2 N–H and O–H groups in total. The number of hydrogen-bond acceptors (Lipinski definition) is 4. The first kappa shape index (κ1) is 19.2. The molecule has 0 aromatic heterocycles. The molecule has 1 heterocycles. The molecule has 0 amide bonds. The summed E-state index contributed by atoms with van der Waals surface area (Å²) in [5.74, 6) is 0.845. The van der Waals surface area contributed by atoms with Gasteiger partial charge < -0.3 is 19.7 Å². The highest BCUT2D eigenvalue weighted by Crippen LogP contribution is 2.34. The normalized spacial score (nSPS) is 25.9. The van der Waals surface area contributed by atoms with Crippen LogP contribution in [-0.2, 0) is 11.2 Å². The molecule has 0 radical (unpaired) electrons. The Kier molecular flexibility index (Phi) is 6.20. The first-order valence-electron chi connectivity index (χ1n) is 8.99. The lowest BCUT2D eigenvalue weighted by molar-refractivity contribution is -0.166. The fourth-order valence-corrected chi connectivity index (χ4v) is 3.52. The van der Waals surface area contributed by atoms with E-state index in [0.29, 0.717) is 24.5 Å². The quantitative estimate of drug-likeness (QED) is 0.830. The van der Waals surface area contributed by atoms with Gasteiger partial charge in [-0.1, -0.05) is 35.9 Å². The van der Waals surface area contributed by atoms with Crippen molar-refractivity contribution >= 4 is 11.6 Å². The molecule has 140 valence electrons. The van der Waals surface area contributed by atoms with E-state index in [0.717, 1.165) is 22.4 Å². The van der Waals surface area contributed by atoms with Gasteiger partial charge in [0.1, 0.15) is 18.0 Å². The van der Waals surface area contributed by atoms with Crippen molar-refractivity contribution in [3.8, 4) is 5.75 Å². The molecule has 2 aromatic rings. The highest BCUT2D eigenvalue weighted by Gasteiger charge is 2.36. The highest BCUT2D eigenvalue weighted by atomic mass is 35.5. The molecule has 0 aliphatic carbocycles. The van der Waals surface area contributed by atoms with Gasteiger partial charge in [-0.05, 0) is 55.2 Å². The van der Waals surface area contributed by atoms with Crippen LogP contribution in [0.3, 0.4) is 0 Å². The Balaban J connectivity index is 1.81. The molecule has 1 fully saturated rings. The van der Waals surface area contributed by atoms with Gasteiger partial charge in [0, 0.05) is 11.4 Å². The summed E-state index contributed by atoms with van der Waals surface area (Å²) in [4.78, 5) is 0. The van der Waals surface area contributed by atoms with Crippen molar-refractivity contribution in [2.75, 3.05) is 6.61 Å². The molecule has 0 saturated carbocycles. The van der Waals surface area contributed by atoms with E-state index in [9.17, 15) is 10.2 Å². The zero-order valence-corrected chi connectivity index (χ0v) is 15.8. The molecular formula is C21H25ClO4. The Morgan fingerprint density at radius 2 is 1.88 bits per heavy atom. The molecule has 26 heavy (non-hydrogen) atoms. The zero-order valence-electron chi connectivity index (χ0n) is 15.1. The minimum Gasteiger partial charge on any atom is -0.494 e. The number of ether oxygens (including phenoxy) is 2. The third kappa shape index (κ3) is 4.38. The third-order valence-corrected chi connectivity index (χ3v) is 5.05. The van der Waals surface area contributed by atoms with Crippen LogP contribution in [-0.4, -0.2) is 35.1 Å². The molecule has 1 unspecified atom stereocenters. The minimum absolute atomic E-state index is 0.108. The van der Waals surface area contributed by atoms with Crippen LogP contribution in [0, 0.1) is 0 Å². The Hall–Kier alpha value is -1.59. The van der Waals surface area contributed by atoms with Crippen molar-refractivity contribution in [2.45, 2.75) is 51.1 Å². The fourth-order valence-electron chi connectivity index (χ4n) is 3.34. The van der Waals surface area contributed by atoms with E-state index in [4.69, 9.17) is 21.1 Å². The van der Waals surface area contributed by atoms with Gasteiger partial charge >= 0.3 is 0 Å². The van der Waals surface area contributed by atoms with Gasteiger partial charge in [0.2, 0.25) is 0 Å². The second-order valence-electron chi connectivity index (χ2n) is 6.77. The molecular weight excluding hydrogens is 352 g/mol. The van der Waals surface area contributed by atoms with Gasteiger partial charge in [-0.3, -0.25) is 0 Å². The predicted octanol–water partition coefficient (Wildman–Crippen LogP) is 3.90. The van der Waals surface area contributed by atoms with E-state index in [1.165, 1.54) is 0 Å². The summed E-state index contributed by atoms with van der Waals surface area (Å²) < 4.78 is 11.3. The Morgan fingerprint density at radius 1 is 1.15 bits per heavy atom. The number of aliphatic hydroxyl groups excluding tert-OH is 2. The molecule has 0 bridgehead atoms. The number of rotatable bonds is 5. The van der Waals surface area contributed by atoms with Gasteiger partial charge in [0.15, 0.2) is 0 Å². The summed E-state index contributed by atoms with van der Waals surface area (Å²) in [6.07, 6.45) is -1.28. The van der Waals surface area contributed by atoms with Gasteiger partial charge in [0.05, 0.1) is 18.8 Å². The number of hydrogen-bond donors (Lipinski definition) is 2. The summed E-state index contributed by atoms with van der Waals surface area (Å²) in [7, 11) is 0. The number of halogens is 1. The average molecular weight is 377 g/mol. The second kappa shape index (κ2) is 8.40. The SMILES string of the molecule is CCOc1ccc(Cc2cc(C3O[C@H](C)C[C@H](O)[C@H]3O)ccc2Cl)cc1. The Labute approximate surface area is 159 Å². The van der Waals surface area contributed by atoms with Gasteiger partial charge in [-0.15, -0.1) is 0 Å². The summed E-state index contributed by atoms with van der Waals surface area (Å²) in [5.41, 5.74) is 2.90. The molecule has 3 rings (SSSR count). The average Bonchev–Trinajstić information content (AvgIpc) is 2.62. The summed E-state index contributed by atoms with van der Waals surface area (Å²) >= 11 is 6.38. The molecule has 0 spiro atoms. The fraction of sp³-hybridized carbons (Fsp3) is 0.429. The van der Waals surface area contributed by atoms with Crippen molar-refractivity contribution in [2.24, 2.45) is 0 Å². The van der Waals surface area contributed by atoms with Crippen LogP contribution in [0.5, 0.6) is 5.75 Å². The van der Waals surface area contributed by atoms with Crippen LogP contribution in [0.4, 0.5) is 0 Å². The van der Waals surface area contributed by atoms with E-state index in [1.807, 2.05) is 56.3 Å². The van der Waals surface area contributed by atoms with Crippen LogP contribution >= 0.6 is 11.6 Å². The van der Waals surface area contributed by atoms with Crippen LogP contribution in [0.2, 0.25) is 5.02 Å². The lowest BCUT2D eigenvalue weighted by Crippen LogP contribution is -2.42. The molecule has 2 aromatic carbocycles. The maximum Gasteiger partial charge on any atom is 0.119 e. The minimum atomic E-state index is -0.939. The molecule has 1 aliphatic heterocycles. The largest absolute Gasteiger partial charge is 0.494 e.